The number of nitrogens with one attached hydrogen (secondary N) is 2. The van der Waals surface area contributed by atoms with Crippen LogP contribution in [-0.4, -0.2) is 31.8 Å². The molecule has 1 fully saturated rings. The number of benzene rings is 1. The minimum absolute atomic E-state index is 0. The van der Waals surface area contributed by atoms with E-state index in [0.717, 1.165) is 36.4 Å². The predicted molar refractivity (Wildman–Crippen MR) is 86.9 cm³/mol. The molecule has 0 aliphatic carbocycles. The molecule has 6 heteroatoms. The maximum atomic E-state index is 12.1. The van der Waals surface area contributed by atoms with Crippen LogP contribution in [0.1, 0.15) is 32.3 Å². The van der Waals surface area contributed by atoms with Gasteiger partial charge in [0.1, 0.15) is 0 Å². The average Bonchev–Trinajstić information content (AvgIpc) is 3.14. The van der Waals surface area contributed by atoms with E-state index in [2.05, 4.69) is 24.5 Å². The van der Waals surface area contributed by atoms with Gasteiger partial charge in [-0.25, -0.2) is 0 Å². The molecular weight excluding hydrogens is 304 g/mol. The normalized spacial score (nSPS) is 19.6. The quantitative estimate of drug-likeness (QED) is 0.888. The summed E-state index contributed by atoms with van der Waals surface area (Å²) < 4.78 is 10.8. The first-order chi connectivity index (χ1) is 10.1. The fourth-order valence-corrected chi connectivity index (χ4v) is 2.76. The fraction of sp³-hybridized carbons (Fsp3) is 0.562. The van der Waals surface area contributed by atoms with Gasteiger partial charge >= 0.3 is 0 Å². The third kappa shape index (κ3) is 3.47. The number of hydrogen-bond donors (Lipinski definition) is 2. The zero-order valence-electron chi connectivity index (χ0n) is 13.0. The van der Waals surface area contributed by atoms with Gasteiger partial charge in [-0.05, 0) is 37.1 Å². The van der Waals surface area contributed by atoms with Crippen molar-refractivity contribution in [1.82, 2.24) is 10.6 Å². The van der Waals surface area contributed by atoms with Gasteiger partial charge < -0.3 is 20.1 Å². The lowest BCUT2D eigenvalue weighted by Gasteiger charge is -2.26. The minimum Gasteiger partial charge on any atom is -0.454 e. The maximum Gasteiger partial charge on any atom is 0.237 e. The molecule has 2 N–H and O–H groups in total. The van der Waals surface area contributed by atoms with E-state index in [-0.39, 0.29) is 36.6 Å². The molecule has 122 valence electrons. The lowest BCUT2D eigenvalue weighted by atomic mass is 9.84. The molecule has 1 unspecified atom stereocenters. The van der Waals surface area contributed by atoms with E-state index in [4.69, 9.17) is 9.47 Å². The molecule has 0 radical (unpaired) electrons. The van der Waals surface area contributed by atoms with Gasteiger partial charge in [0, 0.05) is 12.0 Å². The Morgan fingerprint density at radius 1 is 1.36 bits per heavy atom. The van der Waals surface area contributed by atoms with Crippen molar-refractivity contribution in [2.24, 2.45) is 0 Å². The van der Waals surface area contributed by atoms with E-state index >= 15 is 0 Å². The Bertz CT molecular complexity index is 542. The predicted octanol–water partition coefficient (Wildman–Crippen LogP) is 1.98. The van der Waals surface area contributed by atoms with Crippen molar-refractivity contribution in [2.75, 3.05) is 19.9 Å². The third-order valence-electron chi connectivity index (χ3n) is 4.24. The van der Waals surface area contributed by atoms with Crippen molar-refractivity contribution in [1.29, 1.82) is 0 Å². The van der Waals surface area contributed by atoms with Crippen LogP contribution in [0.15, 0.2) is 18.2 Å². The van der Waals surface area contributed by atoms with Gasteiger partial charge in [-0.3, -0.25) is 4.79 Å². The molecule has 0 bridgehead atoms. The number of carbonyl (C=O) groups excluding carboxylic acids is 1. The van der Waals surface area contributed by atoms with Crippen molar-refractivity contribution in [3.05, 3.63) is 23.8 Å². The summed E-state index contributed by atoms with van der Waals surface area (Å²) in [6.45, 7) is 6.05. The van der Waals surface area contributed by atoms with E-state index in [0.29, 0.717) is 6.54 Å². The van der Waals surface area contributed by atoms with Crippen molar-refractivity contribution < 1.29 is 14.3 Å². The van der Waals surface area contributed by atoms with Crippen LogP contribution in [0.5, 0.6) is 11.5 Å². The van der Waals surface area contributed by atoms with Gasteiger partial charge in [0.15, 0.2) is 11.5 Å². The Labute approximate surface area is 137 Å². The largest absolute Gasteiger partial charge is 0.454 e. The summed E-state index contributed by atoms with van der Waals surface area (Å²) in [6, 6.07) is 5.94. The van der Waals surface area contributed by atoms with Crippen LogP contribution in [-0.2, 0) is 10.2 Å². The summed E-state index contributed by atoms with van der Waals surface area (Å²) in [4.78, 5) is 12.1. The molecule has 0 aromatic heterocycles. The number of ether oxygens (including phenoxy) is 2. The molecule has 5 nitrogen and oxygen atoms in total. The molecule has 1 aromatic rings. The SMILES string of the molecule is CC(C)(CNC(=O)C1CCCN1)c1ccc2c(c1)OCO2.Cl. The van der Waals surface area contributed by atoms with Gasteiger partial charge in [-0.15, -0.1) is 12.4 Å². The van der Waals surface area contributed by atoms with Crippen LogP contribution < -0.4 is 20.1 Å². The van der Waals surface area contributed by atoms with E-state index < -0.39 is 0 Å². The molecule has 1 saturated heterocycles. The average molecular weight is 327 g/mol. The highest BCUT2D eigenvalue weighted by atomic mass is 35.5. The van der Waals surface area contributed by atoms with Gasteiger partial charge in [-0.2, -0.15) is 0 Å². The second-order valence-corrected chi connectivity index (χ2v) is 6.32. The number of hydrogen-bond acceptors (Lipinski definition) is 4. The first kappa shape index (κ1) is 16.9. The number of carbonyl (C=O) groups is 1. The second kappa shape index (κ2) is 6.75. The Hall–Kier alpha value is -1.46. The van der Waals surface area contributed by atoms with Crippen molar-refractivity contribution >= 4 is 18.3 Å². The number of halogens is 1. The first-order valence-electron chi connectivity index (χ1n) is 7.47. The lowest BCUT2D eigenvalue weighted by Crippen LogP contribution is -2.45. The molecule has 3 rings (SSSR count). The van der Waals surface area contributed by atoms with E-state index in [1.165, 1.54) is 0 Å². The Kier molecular flexibility index (Phi) is 5.19. The smallest absolute Gasteiger partial charge is 0.237 e. The van der Waals surface area contributed by atoms with E-state index in [9.17, 15) is 4.79 Å². The molecule has 1 aromatic carbocycles. The summed E-state index contributed by atoms with van der Waals surface area (Å²) >= 11 is 0. The van der Waals surface area contributed by atoms with Crippen LogP contribution in [0.4, 0.5) is 0 Å². The van der Waals surface area contributed by atoms with Crippen LogP contribution in [0.3, 0.4) is 0 Å². The highest BCUT2D eigenvalue weighted by Gasteiger charge is 2.27. The second-order valence-electron chi connectivity index (χ2n) is 6.32. The minimum atomic E-state index is -0.157. The molecule has 2 aliphatic heterocycles. The summed E-state index contributed by atoms with van der Waals surface area (Å²) in [6.07, 6.45) is 2.00. The summed E-state index contributed by atoms with van der Waals surface area (Å²) in [5.41, 5.74) is 0.973. The summed E-state index contributed by atoms with van der Waals surface area (Å²) in [5.74, 6) is 1.67. The van der Waals surface area contributed by atoms with Crippen LogP contribution in [0, 0.1) is 0 Å². The van der Waals surface area contributed by atoms with E-state index in [1.807, 2.05) is 18.2 Å². The monoisotopic (exact) mass is 326 g/mol. The first-order valence-corrected chi connectivity index (χ1v) is 7.47. The molecule has 0 saturated carbocycles. The van der Waals surface area contributed by atoms with Crippen molar-refractivity contribution in [2.45, 2.75) is 38.1 Å². The number of amides is 1. The standard InChI is InChI=1S/C16H22N2O3.ClH/c1-16(2,9-18-15(19)12-4-3-7-17-12)11-5-6-13-14(8-11)21-10-20-13;/h5-6,8,12,17H,3-4,7,9-10H2,1-2H3,(H,18,19);1H. The Balaban J connectivity index is 0.00000176. The van der Waals surface area contributed by atoms with Gasteiger partial charge in [0.25, 0.3) is 0 Å². The highest BCUT2D eigenvalue weighted by Crippen LogP contribution is 2.36. The van der Waals surface area contributed by atoms with Crippen molar-refractivity contribution in [3.63, 3.8) is 0 Å². The number of rotatable bonds is 4. The molecule has 0 spiro atoms. The zero-order chi connectivity index (χ0) is 14.9. The number of fused-ring (bicyclic) bond motifs is 1. The molecule has 2 heterocycles. The van der Waals surface area contributed by atoms with Crippen LogP contribution >= 0.6 is 12.4 Å². The molecule has 1 amide bonds. The fourth-order valence-electron chi connectivity index (χ4n) is 2.76. The Morgan fingerprint density at radius 3 is 2.86 bits per heavy atom. The van der Waals surface area contributed by atoms with E-state index in [1.54, 1.807) is 0 Å². The summed E-state index contributed by atoms with van der Waals surface area (Å²) in [7, 11) is 0. The zero-order valence-corrected chi connectivity index (χ0v) is 13.8. The summed E-state index contributed by atoms with van der Waals surface area (Å²) in [5, 5.41) is 6.28. The van der Waals surface area contributed by atoms with Gasteiger partial charge in [0.2, 0.25) is 12.7 Å². The van der Waals surface area contributed by atoms with Crippen LogP contribution in [0.25, 0.3) is 0 Å². The Morgan fingerprint density at radius 2 is 2.14 bits per heavy atom. The third-order valence-corrected chi connectivity index (χ3v) is 4.24. The van der Waals surface area contributed by atoms with Gasteiger partial charge in [-0.1, -0.05) is 19.9 Å². The van der Waals surface area contributed by atoms with Crippen molar-refractivity contribution in [3.8, 4) is 11.5 Å². The lowest BCUT2D eigenvalue weighted by molar-refractivity contribution is -0.123. The molecular formula is C16H23ClN2O3. The topological polar surface area (TPSA) is 59.6 Å². The molecule has 1 atom stereocenters. The highest BCUT2D eigenvalue weighted by molar-refractivity contribution is 5.85. The molecule has 2 aliphatic rings. The molecule has 22 heavy (non-hydrogen) atoms. The maximum absolute atomic E-state index is 12.1. The van der Waals surface area contributed by atoms with Crippen LogP contribution in [0.2, 0.25) is 0 Å². The van der Waals surface area contributed by atoms with Gasteiger partial charge in [0.05, 0.1) is 6.04 Å².